The number of β-amino-alcohol motifs (C(OH)–C–C–N with tert-alkyl or cyclic N) is 1. The summed E-state index contributed by atoms with van der Waals surface area (Å²) in [5.74, 6) is 0.345. The highest BCUT2D eigenvalue weighted by Crippen LogP contribution is 2.38. The van der Waals surface area contributed by atoms with Crippen molar-refractivity contribution in [1.82, 2.24) is 4.31 Å². The third kappa shape index (κ3) is 4.52. The Bertz CT molecular complexity index is 1110. The molecular weight excluding hydrogens is 437 g/mol. The van der Waals surface area contributed by atoms with Gasteiger partial charge in [0.05, 0.1) is 24.6 Å². The van der Waals surface area contributed by atoms with Crippen molar-refractivity contribution in [2.45, 2.75) is 29.7 Å². The van der Waals surface area contributed by atoms with E-state index in [1.54, 1.807) is 24.3 Å². The quantitative estimate of drug-likeness (QED) is 0.676. The van der Waals surface area contributed by atoms with Crippen molar-refractivity contribution in [3.63, 3.8) is 0 Å². The molecule has 166 valence electrons. The lowest BCUT2D eigenvalue weighted by atomic mass is 10.0. The Morgan fingerprint density at radius 3 is 2.45 bits per heavy atom. The second kappa shape index (κ2) is 8.12. The fourth-order valence-corrected chi connectivity index (χ4v) is 4.84. The summed E-state index contributed by atoms with van der Waals surface area (Å²) in [6.07, 6.45) is -5.87. The van der Waals surface area contributed by atoms with Crippen LogP contribution in [-0.2, 0) is 16.2 Å². The van der Waals surface area contributed by atoms with E-state index in [-0.39, 0.29) is 6.54 Å². The first-order valence-electron chi connectivity index (χ1n) is 9.06. The van der Waals surface area contributed by atoms with Crippen LogP contribution in [0.3, 0.4) is 0 Å². The van der Waals surface area contributed by atoms with Gasteiger partial charge in [-0.3, -0.25) is 0 Å². The van der Waals surface area contributed by atoms with Gasteiger partial charge in [0.2, 0.25) is 15.7 Å². The van der Waals surface area contributed by atoms with Gasteiger partial charge in [-0.25, -0.2) is 13.3 Å². The maximum Gasteiger partial charge on any atom is 0.415 e. The van der Waals surface area contributed by atoms with Crippen molar-refractivity contribution < 1.29 is 36.5 Å². The van der Waals surface area contributed by atoms with Gasteiger partial charge >= 0.3 is 6.18 Å². The van der Waals surface area contributed by atoms with E-state index in [0.717, 1.165) is 15.9 Å². The van der Waals surface area contributed by atoms with Crippen molar-refractivity contribution in [1.29, 1.82) is 0 Å². The summed E-state index contributed by atoms with van der Waals surface area (Å²) in [6, 6.07) is 8.51. The molecule has 3 rings (SSSR count). The number of rotatable bonds is 5. The van der Waals surface area contributed by atoms with Crippen LogP contribution in [-0.4, -0.2) is 54.3 Å². The zero-order chi connectivity index (χ0) is 23.0. The largest absolute Gasteiger partial charge is 0.486 e. The summed E-state index contributed by atoms with van der Waals surface area (Å²) in [7, 11) is -4.46. The summed E-state index contributed by atoms with van der Waals surface area (Å²) < 4.78 is 71.4. The molecule has 1 heterocycles. The molecular formula is C20H19F3N2O5S. The van der Waals surface area contributed by atoms with E-state index in [1.165, 1.54) is 0 Å². The van der Waals surface area contributed by atoms with Gasteiger partial charge in [-0.15, -0.1) is 0 Å². The Morgan fingerprint density at radius 1 is 1.26 bits per heavy atom. The molecule has 2 N–H and O–H groups in total. The summed E-state index contributed by atoms with van der Waals surface area (Å²) in [5.41, 5.74) is -2.83. The molecule has 0 radical (unpaired) electrons. The fraction of sp³-hybridized carbons (Fsp3) is 0.350. The van der Waals surface area contributed by atoms with Gasteiger partial charge in [0, 0.05) is 12.1 Å². The summed E-state index contributed by atoms with van der Waals surface area (Å²) in [6.45, 7) is 7.24. The zero-order valence-corrected chi connectivity index (χ0v) is 17.1. The number of hydrogen-bond acceptors (Lipinski definition) is 5. The molecule has 2 aromatic rings. The van der Waals surface area contributed by atoms with Gasteiger partial charge in [-0.1, -0.05) is 29.8 Å². The SMILES string of the molecule is [C-]#[N+]c1cc(C(F)(F)F)ccc1S(=O)(=O)N1C[C@H](Oc2ccc(C)cc2)[C@@](O)(CO)C1. The third-order valence-electron chi connectivity index (χ3n) is 5.02. The molecule has 0 saturated carbocycles. The van der Waals surface area contributed by atoms with E-state index >= 15 is 0 Å². The number of aliphatic hydroxyl groups excluding tert-OH is 1. The van der Waals surface area contributed by atoms with Gasteiger partial charge in [-0.2, -0.15) is 17.5 Å². The Labute approximate surface area is 177 Å². The van der Waals surface area contributed by atoms with Crippen LogP contribution in [0.1, 0.15) is 11.1 Å². The van der Waals surface area contributed by atoms with Crippen LogP contribution in [0.2, 0.25) is 0 Å². The Morgan fingerprint density at radius 2 is 1.90 bits per heavy atom. The summed E-state index contributed by atoms with van der Waals surface area (Å²) in [4.78, 5) is 2.32. The predicted molar refractivity (Wildman–Crippen MR) is 104 cm³/mol. The Hall–Kier alpha value is -2.65. The average molecular weight is 456 g/mol. The smallest absolute Gasteiger partial charge is 0.415 e. The number of sulfonamides is 1. The van der Waals surface area contributed by atoms with E-state index in [2.05, 4.69) is 4.85 Å². The normalized spacial score (nSPS) is 22.3. The molecule has 1 fully saturated rings. The lowest BCUT2D eigenvalue weighted by molar-refractivity contribution is -0.137. The number of nitrogens with zero attached hydrogens (tertiary/aromatic N) is 2. The van der Waals surface area contributed by atoms with Crippen molar-refractivity contribution in [2.75, 3.05) is 19.7 Å². The minimum Gasteiger partial charge on any atom is -0.486 e. The first-order chi connectivity index (χ1) is 14.4. The molecule has 7 nitrogen and oxygen atoms in total. The predicted octanol–water partition coefficient (Wildman–Crippen LogP) is 2.74. The molecule has 31 heavy (non-hydrogen) atoms. The molecule has 1 aliphatic heterocycles. The van der Waals surface area contributed by atoms with Crippen molar-refractivity contribution in [3.8, 4) is 5.75 Å². The number of alkyl halides is 3. The van der Waals surface area contributed by atoms with E-state index < -0.39 is 57.2 Å². The number of halogens is 3. The van der Waals surface area contributed by atoms with E-state index in [0.29, 0.717) is 17.9 Å². The number of ether oxygens (including phenoxy) is 1. The summed E-state index contributed by atoms with van der Waals surface area (Å²) >= 11 is 0. The topological polar surface area (TPSA) is 91.4 Å². The van der Waals surface area contributed by atoms with Gasteiger partial charge in [-0.05, 0) is 25.1 Å². The highest BCUT2D eigenvalue weighted by atomic mass is 32.2. The van der Waals surface area contributed by atoms with E-state index in [4.69, 9.17) is 11.3 Å². The molecule has 0 aliphatic carbocycles. The molecule has 2 atom stereocenters. The maximum absolute atomic E-state index is 13.1. The van der Waals surface area contributed by atoms with Gasteiger partial charge in [0.25, 0.3) is 0 Å². The molecule has 2 aromatic carbocycles. The van der Waals surface area contributed by atoms with Crippen LogP contribution in [0.5, 0.6) is 5.75 Å². The second-order valence-corrected chi connectivity index (χ2v) is 9.18. The molecule has 0 spiro atoms. The van der Waals surface area contributed by atoms with Gasteiger partial charge in [0.1, 0.15) is 17.5 Å². The first kappa shape index (κ1) is 23.0. The number of aliphatic hydroxyl groups is 2. The number of benzene rings is 2. The van der Waals surface area contributed by atoms with Crippen LogP contribution in [0.4, 0.5) is 18.9 Å². The fourth-order valence-electron chi connectivity index (χ4n) is 3.23. The first-order valence-corrected chi connectivity index (χ1v) is 10.5. The maximum atomic E-state index is 13.1. The van der Waals surface area contributed by atoms with Gasteiger partial charge in [0.15, 0.2) is 0 Å². The van der Waals surface area contributed by atoms with Crippen LogP contribution in [0.25, 0.3) is 4.85 Å². The molecule has 0 amide bonds. The lowest BCUT2D eigenvalue weighted by Crippen LogP contribution is -2.48. The standard InChI is InChI=1S/C20H19F3N2O5S/c1-13-3-6-15(7-4-13)30-18-10-25(11-19(18,27)12-26)31(28,29)17-8-5-14(20(21,22)23)9-16(17)24-2/h3-9,18,26-27H,10-12H2,1H3/t18-,19-/m0/s1. The van der Waals surface area contributed by atoms with Crippen molar-refractivity contribution in [2.24, 2.45) is 0 Å². The van der Waals surface area contributed by atoms with E-state index in [9.17, 15) is 31.8 Å². The second-order valence-electron chi connectivity index (χ2n) is 7.27. The minimum absolute atomic E-state index is 0.345. The minimum atomic E-state index is -4.74. The average Bonchev–Trinajstić information content (AvgIpc) is 3.06. The van der Waals surface area contributed by atoms with E-state index in [1.807, 2.05) is 6.92 Å². The van der Waals surface area contributed by atoms with Crippen LogP contribution in [0.15, 0.2) is 47.4 Å². The Balaban J connectivity index is 1.93. The molecule has 0 bridgehead atoms. The summed E-state index contributed by atoms with van der Waals surface area (Å²) in [5, 5.41) is 20.4. The number of hydrogen-bond donors (Lipinski definition) is 2. The lowest BCUT2D eigenvalue weighted by Gasteiger charge is -2.27. The molecule has 0 aromatic heterocycles. The van der Waals surface area contributed by atoms with Crippen molar-refractivity contribution in [3.05, 3.63) is 65.0 Å². The third-order valence-corrected chi connectivity index (χ3v) is 6.88. The highest BCUT2D eigenvalue weighted by Gasteiger charge is 2.51. The number of aryl methyl sites for hydroxylation is 1. The zero-order valence-electron chi connectivity index (χ0n) is 16.3. The molecule has 1 aliphatic rings. The highest BCUT2D eigenvalue weighted by molar-refractivity contribution is 7.89. The van der Waals surface area contributed by atoms with Crippen LogP contribution in [0, 0.1) is 13.5 Å². The molecule has 11 heteroatoms. The Kier molecular flexibility index (Phi) is 6.03. The molecule has 1 saturated heterocycles. The van der Waals surface area contributed by atoms with Gasteiger partial charge < -0.3 is 14.9 Å². The monoisotopic (exact) mass is 456 g/mol. The van der Waals surface area contributed by atoms with Crippen molar-refractivity contribution >= 4 is 15.7 Å². The van der Waals surface area contributed by atoms with Crippen LogP contribution >= 0.6 is 0 Å². The molecule has 0 unspecified atom stereocenters. The van der Waals surface area contributed by atoms with Crippen LogP contribution < -0.4 is 4.74 Å².